The normalized spacial score (nSPS) is 14.6. The summed E-state index contributed by atoms with van der Waals surface area (Å²) in [4.78, 5) is 0. The minimum Gasteiger partial charge on any atom is -0.396 e. The Balaban J connectivity index is 2.64. The van der Waals surface area contributed by atoms with Crippen LogP contribution in [0.25, 0.3) is 0 Å². The molecule has 0 bridgehead atoms. The van der Waals surface area contributed by atoms with E-state index in [0.29, 0.717) is 11.0 Å². The Morgan fingerprint density at radius 3 is 2.69 bits per heavy atom. The summed E-state index contributed by atoms with van der Waals surface area (Å²) >= 11 is 3.10. The second kappa shape index (κ2) is 5.64. The van der Waals surface area contributed by atoms with Crippen molar-refractivity contribution in [2.45, 2.75) is 20.3 Å². The van der Waals surface area contributed by atoms with Gasteiger partial charge in [-0.05, 0) is 40.5 Å². The van der Waals surface area contributed by atoms with Gasteiger partial charge in [-0.1, -0.05) is 13.8 Å². The van der Waals surface area contributed by atoms with Crippen LogP contribution in [0.2, 0.25) is 0 Å². The molecule has 90 valence electrons. The van der Waals surface area contributed by atoms with E-state index < -0.39 is 0 Å². The van der Waals surface area contributed by atoms with E-state index in [9.17, 15) is 9.50 Å². The fraction of sp³-hybridized carbons (Fsp3) is 0.500. The van der Waals surface area contributed by atoms with Crippen LogP contribution >= 0.6 is 15.9 Å². The van der Waals surface area contributed by atoms with Gasteiger partial charge >= 0.3 is 0 Å². The van der Waals surface area contributed by atoms with Crippen molar-refractivity contribution in [2.24, 2.45) is 5.41 Å². The maximum Gasteiger partial charge on any atom is 0.139 e. The van der Waals surface area contributed by atoms with Crippen LogP contribution in [0.5, 0.6) is 0 Å². The molecule has 0 heterocycles. The molecular weight excluding hydrogens is 273 g/mol. The van der Waals surface area contributed by atoms with Crippen molar-refractivity contribution in [3.05, 3.63) is 28.5 Å². The first-order valence-electron chi connectivity index (χ1n) is 5.30. The number of halogens is 2. The second-order valence-electron chi connectivity index (χ2n) is 4.30. The Morgan fingerprint density at radius 2 is 2.19 bits per heavy atom. The van der Waals surface area contributed by atoms with Crippen LogP contribution < -0.4 is 5.32 Å². The van der Waals surface area contributed by atoms with Crippen molar-refractivity contribution >= 4 is 21.6 Å². The van der Waals surface area contributed by atoms with Crippen molar-refractivity contribution < 1.29 is 9.50 Å². The summed E-state index contributed by atoms with van der Waals surface area (Å²) in [5.41, 5.74) is 0.567. The third-order valence-electron chi connectivity index (χ3n) is 2.87. The molecule has 0 aliphatic heterocycles. The molecule has 0 aliphatic carbocycles. The minimum atomic E-state index is -0.285. The Hall–Kier alpha value is -0.610. The summed E-state index contributed by atoms with van der Waals surface area (Å²) in [5.74, 6) is -0.285. The van der Waals surface area contributed by atoms with Crippen LogP contribution in [0.4, 0.5) is 10.1 Å². The molecule has 0 saturated heterocycles. The maximum absolute atomic E-state index is 13.2. The first kappa shape index (κ1) is 13.5. The van der Waals surface area contributed by atoms with Gasteiger partial charge in [0.25, 0.3) is 0 Å². The van der Waals surface area contributed by atoms with E-state index in [1.165, 1.54) is 6.07 Å². The lowest BCUT2D eigenvalue weighted by Crippen LogP contribution is -2.29. The van der Waals surface area contributed by atoms with Crippen LogP contribution in [-0.2, 0) is 0 Å². The number of hydrogen-bond donors (Lipinski definition) is 2. The van der Waals surface area contributed by atoms with E-state index in [2.05, 4.69) is 21.2 Å². The van der Waals surface area contributed by atoms with Gasteiger partial charge in [0, 0.05) is 17.6 Å². The number of aliphatic hydroxyl groups excluding tert-OH is 1. The predicted octanol–water partition coefficient (Wildman–Crippen LogP) is 3.41. The summed E-state index contributed by atoms with van der Waals surface area (Å²) in [6.45, 7) is 4.77. The molecule has 0 saturated carbocycles. The third-order valence-corrected chi connectivity index (χ3v) is 3.52. The largest absolute Gasteiger partial charge is 0.396 e. The van der Waals surface area contributed by atoms with Gasteiger partial charge in [0.1, 0.15) is 5.82 Å². The monoisotopic (exact) mass is 289 g/mol. The van der Waals surface area contributed by atoms with Crippen molar-refractivity contribution in [1.82, 2.24) is 0 Å². The molecule has 0 fully saturated rings. The fourth-order valence-electron chi connectivity index (χ4n) is 1.21. The summed E-state index contributed by atoms with van der Waals surface area (Å²) in [6.07, 6.45) is 0.871. The zero-order valence-electron chi connectivity index (χ0n) is 9.56. The minimum absolute atomic E-state index is 0.121. The number of benzene rings is 1. The SMILES string of the molecule is CCC(C)(CO)CNc1ccc(Br)c(F)c1. The van der Waals surface area contributed by atoms with Crippen LogP contribution in [0, 0.1) is 11.2 Å². The lowest BCUT2D eigenvalue weighted by molar-refractivity contribution is 0.149. The molecule has 0 amide bonds. The number of rotatable bonds is 5. The summed E-state index contributed by atoms with van der Waals surface area (Å²) in [5, 5.41) is 12.4. The van der Waals surface area contributed by atoms with E-state index in [4.69, 9.17) is 0 Å². The molecule has 1 rings (SSSR count). The highest BCUT2D eigenvalue weighted by molar-refractivity contribution is 9.10. The lowest BCUT2D eigenvalue weighted by atomic mass is 9.88. The highest BCUT2D eigenvalue weighted by atomic mass is 79.9. The highest BCUT2D eigenvalue weighted by Gasteiger charge is 2.20. The van der Waals surface area contributed by atoms with Crippen LogP contribution in [0.1, 0.15) is 20.3 Å². The van der Waals surface area contributed by atoms with Gasteiger partial charge in [0.2, 0.25) is 0 Å². The molecule has 2 N–H and O–H groups in total. The van der Waals surface area contributed by atoms with Gasteiger partial charge in [0.15, 0.2) is 0 Å². The molecular formula is C12H17BrFNO. The van der Waals surface area contributed by atoms with Crippen LogP contribution in [0.15, 0.2) is 22.7 Å². The van der Waals surface area contributed by atoms with Crippen LogP contribution in [0.3, 0.4) is 0 Å². The molecule has 16 heavy (non-hydrogen) atoms. The summed E-state index contributed by atoms with van der Waals surface area (Å²) in [6, 6.07) is 4.91. The zero-order valence-corrected chi connectivity index (χ0v) is 11.1. The van der Waals surface area contributed by atoms with E-state index in [1.807, 2.05) is 13.8 Å². The summed E-state index contributed by atoms with van der Waals surface area (Å²) in [7, 11) is 0. The average molecular weight is 290 g/mol. The van der Waals surface area contributed by atoms with E-state index in [0.717, 1.165) is 12.1 Å². The topological polar surface area (TPSA) is 32.3 Å². The molecule has 1 aromatic rings. The van der Waals surface area contributed by atoms with E-state index in [-0.39, 0.29) is 17.8 Å². The molecule has 4 heteroatoms. The second-order valence-corrected chi connectivity index (χ2v) is 5.16. The quantitative estimate of drug-likeness (QED) is 0.871. The summed E-state index contributed by atoms with van der Waals surface area (Å²) < 4.78 is 13.7. The highest BCUT2D eigenvalue weighted by Crippen LogP contribution is 2.23. The Kier molecular flexibility index (Phi) is 4.74. The smallest absolute Gasteiger partial charge is 0.139 e. The first-order valence-corrected chi connectivity index (χ1v) is 6.10. The average Bonchev–Trinajstić information content (AvgIpc) is 2.30. The molecule has 1 unspecified atom stereocenters. The number of aliphatic hydroxyl groups is 1. The third kappa shape index (κ3) is 3.46. The number of nitrogens with one attached hydrogen (secondary N) is 1. The maximum atomic E-state index is 13.2. The van der Waals surface area contributed by atoms with Gasteiger partial charge < -0.3 is 10.4 Å². The van der Waals surface area contributed by atoms with E-state index >= 15 is 0 Å². The van der Waals surface area contributed by atoms with Gasteiger partial charge in [0.05, 0.1) is 11.1 Å². The van der Waals surface area contributed by atoms with E-state index in [1.54, 1.807) is 12.1 Å². The van der Waals surface area contributed by atoms with Crippen LogP contribution in [-0.4, -0.2) is 18.3 Å². The number of anilines is 1. The molecule has 0 radical (unpaired) electrons. The predicted molar refractivity (Wildman–Crippen MR) is 68.1 cm³/mol. The standard InChI is InChI=1S/C12H17BrFNO/c1-3-12(2,8-16)7-15-9-4-5-10(13)11(14)6-9/h4-6,15-16H,3,7-8H2,1-2H3. The molecule has 1 atom stereocenters. The fourth-order valence-corrected chi connectivity index (χ4v) is 1.46. The molecule has 2 nitrogen and oxygen atoms in total. The lowest BCUT2D eigenvalue weighted by Gasteiger charge is -2.26. The Labute approximate surface area is 104 Å². The first-order chi connectivity index (χ1) is 7.50. The van der Waals surface area contributed by atoms with Gasteiger partial charge in [-0.25, -0.2) is 4.39 Å². The van der Waals surface area contributed by atoms with Gasteiger partial charge in [-0.15, -0.1) is 0 Å². The van der Waals surface area contributed by atoms with Crippen molar-refractivity contribution in [2.75, 3.05) is 18.5 Å². The van der Waals surface area contributed by atoms with Crippen molar-refractivity contribution in [1.29, 1.82) is 0 Å². The molecule has 0 aliphatic rings. The van der Waals surface area contributed by atoms with Crippen molar-refractivity contribution in [3.63, 3.8) is 0 Å². The van der Waals surface area contributed by atoms with Crippen molar-refractivity contribution in [3.8, 4) is 0 Å². The molecule has 1 aromatic carbocycles. The molecule has 0 spiro atoms. The molecule has 0 aromatic heterocycles. The van der Waals surface area contributed by atoms with Gasteiger partial charge in [-0.3, -0.25) is 0 Å². The zero-order chi connectivity index (χ0) is 12.2. The Bertz CT molecular complexity index is 353. The number of hydrogen-bond acceptors (Lipinski definition) is 2. The van der Waals surface area contributed by atoms with Gasteiger partial charge in [-0.2, -0.15) is 0 Å². The Morgan fingerprint density at radius 1 is 1.50 bits per heavy atom.